The Balaban J connectivity index is 1.80. The minimum atomic E-state index is 0.583. The summed E-state index contributed by atoms with van der Waals surface area (Å²) in [4.78, 5) is 0. The summed E-state index contributed by atoms with van der Waals surface area (Å²) in [7, 11) is 0. The van der Waals surface area contributed by atoms with Crippen molar-refractivity contribution < 1.29 is 0 Å². The van der Waals surface area contributed by atoms with Crippen molar-refractivity contribution in [1.82, 2.24) is 5.32 Å². The van der Waals surface area contributed by atoms with Crippen LogP contribution in [0.5, 0.6) is 0 Å². The zero-order valence-electron chi connectivity index (χ0n) is 11.3. The molecule has 1 aliphatic carbocycles. The van der Waals surface area contributed by atoms with Crippen molar-refractivity contribution in [2.24, 2.45) is 5.92 Å². The summed E-state index contributed by atoms with van der Waals surface area (Å²) < 4.78 is 0. The molecule has 2 aromatic rings. The van der Waals surface area contributed by atoms with Crippen molar-refractivity contribution in [2.45, 2.75) is 25.3 Å². The van der Waals surface area contributed by atoms with Crippen molar-refractivity contribution in [2.75, 3.05) is 6.54 Å². The van der Waals surface area contributed by atoms with Crippen LogP contribution in [0.25, 0.3) is 11.1 Å². The van der Waals surface area contributed by atoms with Crippen LogP contribution in [0.4, 0.5) is 0 Å². The first-order valence-electron chi connectivity index (χ1n) is 7.25. The maximum atomic E-state index is 3.70. The third kappa shape index (κ3) is 1.73. The van der Waals surface area contributed by atoms with Gasteiger partial charge >= 0.3 is 0 Å². The molecule has 2 aliphatic rings. The first-order chi connectivity index (χ1) is 9.33. The van der Waals surface area contributed by atoms with Gasteiger partial charge in [-0.2, -0.15) is 0 Å². The Morgan fingerprint density at radius 2 is 1.79 bits per heavy atom. The van der Waals surface area contributed by atoms with Gasteiger partial charge in [-0.05, 0) is 53.1 Å². The van der Waals surface area contributed by atoms with E-state index in [0.717, 1.165) is 18.4 Å². The molecule has 1 aliphatic heterocycles. The number of rotatable bonds is 1. The third-order valence-corrected chi connectivity index (χ3v) is 4.83. The fourth-order valence-corrected chi connectivity index (χ4v) is 3.73. The molecule has 4 rings (SSSR count). The zero-order chi connectivity index (χ0) is 12.8. The molecule has 1 heteroatoms. The molecule has 3 atom stereocenters. The van der Waals surface area contributed by atoms with Crippen LogP contribution in [0.15, 0.2) is 48.5 Å². The van der Waals surface area contributed by atoms with Gasteiger partial charge in [0.2, 0.25) is 0 Å². The highest BCUT2D eigenvalue weighted by Crippen LogP contribution is 2.48. The lowest BCUT2D eigenvalue weighted by molar-refractivity contribution is 0.321. The molecule has 19 heavy (non-hydrogen) atoms. The van der Waals surface area contributed by atoms with E-state index in [0.29, 0.717) is 6.04 Å². The van der Waals surface area contributed by atoms with Gasteiger partial charge in [0.15, 0.2) is 0 Å². The average Bonchev–Trinajstić information content (AvgIpc) is 2.78. The lowest BCUT2D eigenvalue weighted by Crippen LogP contribution is -2.31. The molecule has 96 valence electrons. The molecule has 0 amide bonds. The second kappa shape index (κ2) is 4.21. The van der Waals surface area contributed by atoms with Gasteiger partial charge in [0.05, 0.1) is 0 Å². The van der Waals surface area contributed by atoms with Crippen molar-refractivity contribution in [3.05, 3.63) is 59.7 Å². The second-order valence-electron chi connectivity index (χ2n) is 5.99. The minimum absolute atomic E-state index is 0.583. The van der Waals surface area contributed by atoms with Gasteiger partial charge in [-0.15, -0.1) is 0 Å². The summed E-state index contributed by atoms with van der Waals surface area (Å²) in [5, 5.41) is 3.70. The third-order valence-electron chi connectivity index (χ3n) is 4.83. The molecular weight excluding hydrogens is 230 g/mol. The van der Waals surface area contributed by atoms with E-state index in [-0.39, 0.29) is 0 Å². The van der Waals surface area contributed by atoms with Crippen LogP contribution in [-0.4, -0.2) is 6.54 Å². The maximum absolute atomic E-state index is 3.70. The van der Waals surface area contributed by atoms with E-state index >= 15 is 0 Å². The van der Waals surface area contributed by atoms with E-state index in [2.05, 4.69) is 60.8 Å². The zero-order valence-corrected chi connectivity index (χ0v) is 11.3. The number of hydrogen-bond donors (Lipinski definition) is 1. The van der Waals surface area contributed by atoms with Gasteiger partial charge in [0, 0.05) is 6.04 Å². The van der Waals surface area contributed by atoms with Crippen molar-refractivity contribution in [1.29, 1.82) is 0 Å². The monoisotopic (exact) mass is 249 g/mol. The van der Waals surface area contributed by atoms with Crippen LogP contribution in [0.3, 0.4) is 0 Å². The summed E-state index contributed by atoms with van der Waals surface area (Å²) in [5.74, 6) is 1.53. The lowest BCUT2D eigenvalue weighted by Gasteiger charge is -2.27. The molecule has 1 unspecified atom stereocenters. The highest BCUT2D eigenvalue weighted by atomic mass is 14.9. The van der Waals surface area contributed by atoms with E-state index in [1.165, 1.54) is 23.1 Å². The molecule has 0 aromatic heterocycles. The fraction of sp³-hybridized carbons (Fsp3) is 0.333. The average molecular weight is 249 g/mol. The van der Waals surface area contributed by atoms with Crippen LogP contribution < -0.4 is 5.32 Å². The van der Waals surface area contributed by atoms with Gasteiger partial charge in [0.1, 0.15) is 0 Å². The molecule has 2 aromatic carbocycles. The molecule has 1 N–H and O–H groups in total. The second-order valence-corrected chi connectivity index (χ2v) is 5.99. The Kier molecular flexibility index (Phi) is 2.49. The molecule has 0 saturated carbocycles. The number of hydrogen-bond acceptors (Lipinski definition) is 1. The van der Waals surface area contributed by atoms with Crippen LogP contribution in [0.2, 0.25) is 0 Å². The molecule has 1 heterocycles. The maximum Gasteiger partial charge on any atom is 0.0329 e. The van der Waals surface area contributed by atoms with Crippen LogP contribution in [0.1, 0.15) is 36.4 Å². The molecule has 0 radical (unpaired) electrons. The molecule has 1 saturated heterocycles. The largest absolute Gasteiger partial charge is 0.310 e. The molecule has 0 spiro atoms. The Hall–Kier alpha value is -1.60. The van der Waals surface area contributed by atoms with Gasteiger partial charge in [-0.1, -0.05) is 49.4 Å². The fourth-order valence-electron chi connectivity index (χ4n) is 3.73. The summed E-state index contributed by atoms with van der Waals surface area (Å²) in [5.41, 5.74) is 5.79. The van der Waals surface area contributed by atoms with Crippen LogP contribution >= 0.6 is 0 Å². The van der Waals surface area contributed by atoms with Gasteiger partial charge < -0.3 is 5.32 Å². The SMILES string of the molecule is CC1CN[C@@H]2C[C@@H]1c1ccc(-c3ccccc3)cc12. The Morgan fingerprint density at radius 1 is 0.947 bits per heavy atom. The quantitative estimate of drug-likeness (QED) is 0.801. The molecule has 1 nitrogen and oxygen atoms in total. The van der Waals surface area contributed by atoms with Crippen LogP contribution in [-0.2, 0) is 0 Å². The number of piperidine rings is 1. The topological polar surface area (TPSA) is 12.0 Å². The van der Waals surface area contributed by atoms with Crippen LogP contribution in [0, 0.1) is 5.92 Å². The van der Waals surface area contributed by atoms with E-state index < -0.39 is 0 Å². The highest BCUT2D eigenvalue weighted by Gasteiger charge is 2.37. The molecule has 2 bridgehead atoms. The van der Waals surface area contributed by atoms with Gasteiger partial charge in [-0.3, -0.25) is 0 Å². The summed E-state index contributed by atoms with van der Waals surface area (Å²) in [6, 6.07) is 18.3. The van der Waals surface area contributed by atoms with E-state index in [1.807, 2.05) is 0 Å². The van der Waals surface area contributed by atoms with E-state index in [1.54, 1.807) is 5.56 Å². The highest BCUT2D eigenvalue weighted by molar-refractivity contribution is 5.66. The van der Waals surface area contributed by atoms with E-state index in [4.69, 9.17) is 0 Å². The first kappa shape index (κ1) is 11.2. The standard InChI is InChI=1S/C18H19N/c1-12-11-19-18-10-16(12)15-8-7-14(9-17(15)18)13-5-3-2-4-6-13/h2-9,12,16,18-19H,10-11H2,1H3/t12?,16-,18+/m0/s1. The summed E-state index contributed by atoms with van der Waals surface area (Å²) in [6.07, 6.45) is 1.29. The number of nitrogens with one attached hydrogen (secondary N) is 1. The Morgan fingerprint density at radius 3 is 2.63 bits per heavy atom. The molecule has 1 fully saturated rings. The predicted molar refractivity (Wildman–Crippen MR) is 79.1 cm³/mol. The van der Waals surface area contributed by atoms with Crippen molar-refractivity contribution in [3.63, 3.8) is 0 Å². The predicted octanol–water partition coefficient (Wildman–Crippen LogP) is 4.12. The normalized spacial score (nSPS) is 28.2. The number of fused-ring (bicyclic) bond motifs is 5. The first-order valence-corrected chi connectivity index (χ1v) is 7.25. The van der Waals surface area contributed by atoms with Gasteiger partial charge in [-0.25, -0.2) is 0 Å². The summed E-state index contributed by atoms with van der Waals surface area (Å²) >= 11 is 0. The smallest absolute Gasteiger partial charge is 0.0329 e. The van der Waals surface area contributed by atoms with Crippen molar-refractivity contribution in [3.8, 4) is 11.1 Å². The lowest BCUT2D eigenvalue weighted by atomic mass is 9.86. The molecular formula is C18H19N. The number of benzene rings is 2. The van der Waals surface area contributed by atoms with Gasteiger partial charge in [0.25, 0.3) is 0 Å². The minimum Gasteiger partial charge on any atom is -0.310 e. The van der Waals surface area contributed by atoms with Crippen molar-refractivity contribution >= 4 is 0 Å². The Labute approximate surface area is 114 Å². The summed E-state index contributed by atoms with van der Waals surface area (Å²) in [6.45, 7) is 3.53. The Bertz CT molecular complexity index is 602. The van der Waals surface area contributed by atoms with E-state index in [9.17, 15) is 0 Å².